The Kier molecular flexibility index (Phi) is 4.35. The van der Waals surface area contributed by atoms with Crippen molar-refractivity contribution in [3.05, 3.63) is 18.0 Å². The van der Waals surface area contributed by atoms with Crippen LogP contribution < -0.4 is 0 Å². The number of hydrogen-bond donors (Lipinski definition) is 0. The second-order valence-corrected chi connectivity index (χ2v) is 6.99. The Hall–Kier alpha value is -1.40. The summed E-state index contributed by atoms with van der Waals surface area (Å²) >= 11 is 0. The second-order valence-electron chi connectivity index (χ2n) is 6.99. The van der Waals surface area contributed by atoms with E-state index in [9.17, 15) is 4.79 Å². The normalized spacial score (nSPS) is 26.4. The van der Waals surface area contributed by atoms with Crippen molar-refractivity contribution in [3.8, 4) is 0 Å². The largest absolute Gasteiger partial charge is 0.381 e. The van der Waals surface area contributed by atoms with Crippen LogP contribution in [0.25, 0.3) is 0 Å². The van der Waals surface area contributed by atoms with Crippen molar-refractivity contribution in [2.75, 3.05) is 32.8 Å². The molecule has 0 aliphatic carbocycles. The molecule has 0 saturated carbocycles. The molecule has 4 rings (SSSR count). The lowest BCUT2D eigenvalue weighted by Crippen LogP contribution is -2.46. The Labute approximate surface area is 137 Å². The van der Waals surface area contributed by atoms with Gasteiger partial charge < -0.3 is 9.64 Å². The van der Waals surface area contributed by atoms with Crippen LogP contribution in [-0.4, -0.2) is 64.4 Å². The summed E-state index contributed by atoms with van der Waals surface area (Å²) in [6.07, 6.45) is 6.95. The van der Waals surface area contributed by atoms with Crippen LogP contribution in [0.15, 0.2) is 12.3 Å². The molecule has 0 radical (unpaired) electrons. The van der Waals surface area contributed by atoms with Crippen LogP contribution in [0, 0.1) is 0 Å². The van der Waals surface area contributed by atoms with E-state index in [0.29, 0.717) is 18.4 Å². The van der Waals surface area contributed by atoms with E-state index in [1.807, 2.05) is 11.1 Å². The first kappa shape index (κ1) is 15.1. The van der Waals surface area contributed by atoms with Gasteiger partial charge in [0, 0.05) is 51.6 Å². The highest BCUT2D eigenvalue weighted by Gasteiger charge is 2.33. The second kappa shape index (κ2) is 6.61. The zero-order chi connectivity index (χ0) is 15.6. The first-order valence-corrected chi connectivity index (χ1v) is 8.93. The monoisotopic (exact) mass is 318 g/mol. The van der Waals surface area contributed by atoms with Crippen LogP contribution in [0.3, 0.4) is 0 Å². The summed E-state index contributed by atoms with van der Waals surface area (Å²) in [5.41, 5.74) is 1.24. The summed E-state index contributed by atoms with van der Waals surface area (Å²) in [6.45, 7) is 5.45. The smallest absolute Gasteiger partial charge is 0.224 e. The molecule has 1 aromatic rings. The molecule has 0 aromatic carbocycles. The number of hydrogen-bond acceptors (Lipinski definition) is 4. The molecule has 0 spiro atoms. The van der Waals surface area contributed by atoms with Gasteiger partial charge in [-0.25, -0.2) is 0 Å². The van der Waals surface area contributed by atoms with Crippen LogP contribution in [0.4, 0.5) is 0 Å². The molecule has 23 heavy (non-hydrogen) atoms. The lowest BCUT2D eigenvalue weighted by atomic mass is 10.0. The molecule has 3 aliphatic heterocycles. The lowest BCUT2D eigenvalue weighted by molar-refractivity contribution is -0.131. The minimum absolute atomic E-state index is 0.171. The van der Waals surface area contributed by atoms with Gasteiger partial charge in [0.2, 0.25) is 5.91 Å². The van der Waals surface area contributed by atoms with E-state index in [4.69, 9.17) is 4.74 Å². The molecule has 2 fully saturated rings. The zero-order valence-corrected chi connectivity index (χ0v) is 13.7. The average molecular weight is 318 g/mol. The third-order valence-electron chi connectivity index (χ3n) is 5.48. The number of nitrogens with zero attached hydrogens (tertiary/aromatic N) is 4. The molecule has 126 valence electrons. The van der Waals surface area contributed by atoms with Crippen molar-refractivity contribution >= 4 is 5.91 Å². The van der Waals surface area contributed by atoms with E-state index in [1.54, 1.807) is 0 Å². The summed E-state index contributed by atoms with van der Waals surface area (Å²) in [6, 6.07) is 2.85. The number of rotatable bonds is 3. The molecule has 1 unspecified atom stereocenters. The Bertz CT molecular complexity index is 547. The highest BCUT2D eigenvalue weighted by molar-refractivity contribution is 5.76. The van der Waals surface area contributed by atoms with Crippen molar-refractivity contribution in [1.29, 1.82) is 0 Å². The van der Waals surface area contributed by atoms with Crippen molar-refractivity contribution in [2.24, 2.45) is 0 Å². The third kappa shape index (κ3) is 3.15. The fourth-order valence-corrected chi connectivity index (χ4v) is 4.19. The summed E-state index contributed by atoms with van der Waals surface area (Å²) in [7, 11) is 0. The molecule has 0 bridgehead atoms. The summed E-state index contributed by atoms with van der Waals surface area (Å²) in [5, 5.41) is 4.49. The minimum atomic E-state index is 0.171. The summed E-state index contributed by atoms with van der Waals surface area (Å²) in [4.78, 5) is 17.1. The van der Waals surface area contributed by atoms with Gasteiger partial charge in [-0.05, 0) is 31.7 Å². The third-order valence-corrected chi connectivity index (χ3v) is 5.48. The Morgan fingerprint density at radius 3 is 2.83 bits per heavy atom. The van der Waals surface area contributed by atoms with Gasteiger partial charge in [-0.15, -0.1) is 0 Å². The molecule has 1 amide bonds. The quantitative estimate of drug-likeness (QED) is 0.846. The Morgan fingerprint density at radius 1 is 1.26 bits per heavy atom. The maximum Gasteiger partial charge on any atom is 0.224 e. The number of carbonyl (C=O) groups excluding carboxylic acids is 1. The molecular formula is C17H26N4O2. The number of ether oxygens (including phenoxy) is 1. The van der Waals surface area contributed by atoms with Gasteiger partial charge in [0.15, 0.2) is 0 Å². The molecule has 0 N–H and O–H groups in total. The predicted octanol–water partition coefficient (Wildman–Crippen LogP) is 1.43. The van der Waals surface area contributed by atoms with Crippen molar-refractivity contribution in [2.45, 2.75) is 50.7 Å². The van der Waals surface area contributed by atoms with Crippen molar-refractivity contribution in [1.82, 2.24) is 19.6 Å². The highest BCUT2D eigenvalue weighted by Crippen LogP contribution is 2.28. The van der Waals surface area contributed by atoms with Gasteiger partial charge >= 0.3 is 0 Å². The topological polar surface area (TPSA) is 50.6 Å². The van der Waals surface area contributed by atoms with Gasteiger partial charge in [0.1, 0.15) is 0 Å². The van der Waals surface area contributed by atoms with Gasteiger partial charge in [-0.3, -0.25) is 14.4 Å². The molecule has 4 heterocycles. The number of likely N-dealkylation sites (tertiary alicyclic amines) is 1. The molecule has 1 aromatic heterocycles. The molecule has 6 nitrogen and oxygen atoms in total. The van der Waals surface area contributed by atoms with Gasteiger partial charge in [0.25, 0.3) is 0 Å². The van der Waals surface area contributed by atoms with Crippen LogP contribution in [0.1, 0.15) is 43.8 Å². The van der Waals surface area contributed by atoms with E-state index in [1.165, 1.54) is 5.69 Å². The highest BCUT2D eigenvalue weighted by atomic mass is 16.5. The van der Waals surface area contributed by atoms with E-state index in [0.717, 1.165) is 65.1 Å². The maximum atomic E-state index is 12.6. The summed E-state index contributed by atoms with van der Waals surface area (Å²) in [5.74, 6) is 0.294. The standard InChI is InChI=1S/C17H26N4O2/c22-17(19-7-1-2-8-19)11-16-13-20(14-4-9-23-10-5-14)12-15-3-6-18-21(15)16/h3,6,14,16H,1-2,4-5,7-13H2. The first-order valence-electron chi connectivity index (χ1n) is 8.93. The van der Waals surface area contributed by atoms with Crippen LogP contribution in [0.2, 0.25) is 0 Å². The number of aromatic nitrogens is 2. The fraction of sp³-hybridized carbons (Fsp3) is 0.765. The SMILES string of the molecule is O=C(CC1CN(C2CCOCC2)Cc2ccnn21)N1CCCC1. The maximum absolute atomic E-state index is 12.6. The average Bonchev–Trinajstić information content (AvgIpc) is 3.27. The van der Waals surface area contributed by atoms with Gasteiger partial charge in [0.05, 0.1) is 18.2 Å². The molecular weight excluding hydrogens is 292 g/mol. The fourth-order valence-electron chi connectivity index (χ4n) is 4.19. The summed E-state index contributed by atoms with van der Waals surface area (Å²) < 4.78 is 7.59. The van der Waals surface area contributed by atoms with Crippen LogP contribution in [0.5, 0.6) is 0 Å². The predicted molar refractivity (Wildman–Crippen MR) is 85.9 cm³/mol. The first-order chi connectivity index (χ1) is 11.3. The van der Waals surface area contributed by atoms with Crippen LogP contribution in [-0.2, 0) is 16.1 Å². The van der Waals surface area contributed by atoms with Gasteiger partial charge in [-0.2, -0.15) is 5.10 Å². The van der Waals surface area contributed by atoms with Gasteiger partial charge in [-0.1, -0.05) is 0 Å². The van der Waals surface area contributed by atoms with E-state index in [2.05, 4.69) is 20.7 Å². The van der Waals surface area contributed by atoms with Crippen molar-refractivity contribution in [3.63, 3.8) is 0 Å². The Morgan fingerprint density at radius 2 is 2.04 bits per heavy atom. The van der Waals surface area contributed by atoms with Crippen LogP contribution >= 0.6 is 0 Å². The number of carbonyl (C=O) groups is 1. The molecule has 3 aliphatic rings. The van der Waals surface area contributed by atoms with E-state index in [-0.39, 0.29) is 6.04 Å². The Balaban J connectivity index is 1.47. The lowest BCUT2D eigenvalue weighted by Gasteiger charge is -2.40. The molecule has 1 atom stereocenters. The van der Waals surface area contributed by atoms with E-state index < -0.39 is 0 Å². The molecule has 2 saturated heterocycles. The number of fused-ring (bicyclic) bond motifs is 1. The zero-order valence-electron chi connectivity index (χ0n) is 13.7. The molecule has 6 heteroatoms. The minimum Gasteiger partial charge on any atom is -0.381 e. The van der Waals surface area contributed by atoms with E-state index >= 15 is 0 Å². The number of amides is 1. The van der Waals surface area contributed by atoms with Crippen molar-refractivity contribution < 1.29 is 9.53 Å².